The minimum absolute atomic E-state index is 0.0163. The standard InChI is InChI=1S/C18H17N7O3/c1-2-19-18(27)25-14-6-5-12-17(23-14)24-15(8-20-12)21-10-3-4-11-13(7-10)28-9-16(26)22-11/h3-8H,2,9H2,1H3,(H,22,26)(H3,19,21,23,24,25,27). The first kappa shape index (κ1) is 17.5. The smallest absolute Gasteiger partial charge is 0.320 e. The third kappa shape index (κ3) is 3.75. The van der Waals surface area contributed by atoms with Gasteiger partial charge >= 0.3 is 6.03 Å². The maximum absolute atomic E-state index is 11.6. The van der Waals surface area contributed by atoms with Crippen LogP contribution in [0.3, 0.4) is 0 Å². The van der Waals surface area contributed by atoms with E-state index in [1.54, 1.807) is 36.5 Å². The molecule has 0 atom stereocenters. The van der Waals surface area contributed by atoms with E-state index >= 15 is 0 Å². The molecule has 142 valence electrons. The number of aromatic nitrogens is 3. The number of amides is 3. The maximum atomic E-state index is 11.6. The molecule has 0 fully saturated rings. The van der Waals surface area contributed by atoms with Gasteiger partial charge in [0.25, 0.3) is 5.91 Å². The molecule has 4 N–H and O–H groups in total. The van der Waals surface area contributed by atoms with Gasteiger partial charge in [-0.25, -0.2) is 19.7 Å². The van der Waals surface area contributed by atoms with Crippen LogP contribution in [0.15, 0.2) is 36.5 Å². The summed E-state index contributed by atoms with van der Waals surface area (Å²) in [5, 5.41) is 11.1. The van der Waals surface area contributed by atoms with Crippen LogP contribution in [0.1, 0.15) is 6.92 Å². The van der Waals surface area contributed by atoms with Gasteiger partial charge in [-0.05, 0) is 31.2 Å². The number of carbonyl (C=O) groups excluding carboxylic acids is 2. The molecule has 0 spiro atoms. The van der Waals surface area contributed by atoms with Crippen LogP contribution in [-0.4, -0.2) is 40.0 Å². The molecule has 3 amide bonds. The largest absolute Gasteiger partial charge is 0.482 e. The van der Waals surface area contributed by atoms with E-state index in [-0.39, 0.29) is 18.5 Å². The van der Waals surface area contributed by atoms with E-state index in [1.807, 2.05) is 6.92 Å². The molecule has 4 rings (SSSR count). The third-order valence-electron chi connectivity index (χ3n) is 3.87. The lowest BCUT2D eigenvalue weighted by Crippen LogP contribution is -2.28. The summed E-state index contributed by atoms with van der Waals surface area (Å²) < 4.78 is 5.41. The number of benzene rings is 1. The first-order valence-corrected chi connectivity index (χ1v) is 8.63. The maximum Gasteiger partial charge on any atom is 0.320 e. The van der Waals surface area contributed by atoms with Crippen molar-refractivity contribution >= 4 is 46.1 Å². The van der Waals surface area contributed by atoms with Crippen LogP contribution in [0.4, 0.5) is 27.8 Å². The molecule has 28 heavy (non-hydrogen) atoms. The topological polar surface area (TPSA) is 130 Å². The Labute approximate surface area is 159 Å². The van der Waals surface area contributed by atoms with Crippen molar-refractivity contribution in [3.8, 4) is 5.75 Å². The first-order valence-electron chi connectivity index (χ1n) is 8.63. The summed E-state index contributed by atoms with van der Waals surface area (Å²) in [6.45, 7) is 2.33. The second-order valence-electron chi connectivity index (χ2n) is 5.95. The number of hydrogen-bond acceptors (Lipinski definition) is 7. The van der Waals surface area contributed by atoms with Gasteiger partial charge in [0.1, 0.15) is 17.1 Å². The molecule has 0 unspecified atom stereocenters. The zero-order valence-corrected chi connectivity index (χ0v) is 14.9. The van der Waals surface area contributed by atoms with Crippen LogP contribution in [-0.2, 0) is 4.79 Å². The molecule has 10 nitrogen and oxygen atoms in total. The average Bonchev–Trinajstić information content (AvgIpc) is 2.68. The predicted molar refractivity (Wildman–Crippen MR) is 104 cm³/mol. The van der Waals surface area contributed by atoms with Gasteiger partial charge in [0.15, 0.2) is 18.1 Å². The Balaban J connectivity index is 1.55. The average molecular weight is 379 g/mol. The number of urea groups is 1. The van der Waals surface area contributed by atoms with E-state index in [4.69, 9.17) is 4.74 Å². The zero-order chi connectivity index (χ0) is 19.5. The highest BCUT2D eigenvalue weighted by Crippen LogP contribution is 2.31. The van der Waals surface area contributed by atoms with Gasteiger partial charge in [-0.3, -0.25) is 10.1 Å². The second kappa shape index (κ2) is 7.35. The van der Waals surface area contributed by atoms with Crippen LogP contribution in [0.2, 0.25) is 0 Å². The number of anilines is 4. The lowest BCUT2D eigenvalue weighted by molar-refractivity contribution is -0.118. The van der Waals surface area contributed by atoms with Gasteiger partial charge in [0.2, 0.25) is 0 Å². The van der Waals surface area contributed by atoms with E-state index in [0.717, 1.165) is 5.69 Å². The van der Waals surface area contributed by atoms with Crippen molar-refractivity contribution in [2.75, 3.05) is 29.1 Å². The second-order valence-corrected chi connectivity index (χ2v) is 5.95. The lowest BCUT2D eigenvalue weighted by Gasteiger charge is -2.18. The van der Waals surface area contributed by atoms with E-state index in [9.17, 15) is 9.59 Å². The van der Waals surface area contributed by atoms with Crippen molar-refractivity contribution in [1.82, 2.24) is 20.3 Å². The first-order chi connectivity index (χ1) is 13.6. The van der Waals surface area contributed by atoms with Gasteiger partial charge in [-0.2, -0.15) is 0 Å². The number of hydrogen-bond donors (Lipinski definition) is 4. The number of carbonyl (C=O) groups is 2. The fourth-order valence-electron chi connectivity index (χ4n) is 2.65. The highest BCUT2D eigenvalue weighted by atomic mass is 16.5. The Morgan fingerprint density at radius 3 is 2.93 bits per heavy atom. The predicted octanol–water partition coefficient (Wildman–Crippen LogP) is 2.24. The van der Waals surface area contributed by atoms with Gasteiger partial charge in [0.05, 0.1) is 11.9 Å². The molecule has 1 aliphatic heterocycles. The molecule has 1 aliphatic rings. The Hall–Kier alpha value is -3.95. The number of pyridine rings is 1. The van der Waals surface area contributed by atoms with Crippen LogP contribution >= 0.6 is 0 Å². The van der Waals surface area contributed by atoms with Gasteiger partial charge in [-0.15, -0.1) is 0 Å². The van der Waals surface area contributed by atoms with Crippen molar-refractivity contribution in [1.29, 1.82) is 0 Å². The molecule has 0 aliphatic carbocycles. The Bertz CT molecular complexity index is 1070. The van der Waals surface area contributed by atoms with Crippen molar-refractivity contribution in [2.24, 2.45) is 0 Å². The molecule has 3 aromatic rings. The quantitative estimate of drug-likeness (QED) is 0.547. The van der Waals surface area contributed by atoms with Crippen LogP contribution in [0.25, 0.3) is 11.2 Å². The van der Waals surface area contributed by atoms with Crippen molar-refractivity contribution in [3.05, 3.63) is 36.5 Å². The summed E-state index contributed by atoms with van der Waals surface area (Å²) in [4.78, 5) is 36.1. The number of rotatable bonds is 4. The summed E-state index contributed by atoms with van der Waals surface area (Å²) >= 11 is 0. The summed E-state index contributed by atoms with van der Waals surface area (Å²) in [6, 6.07) is 8.36. The third-order valence-corrected chi connectivity index (χ3v) is 3.87. The fourth-order valence-corrected chi connectivity index (χ4v) is 2.65. The molecule has 0 bridgehead atoms. The lowest BCUT2D eigenvalue weighted by atomic mass is 10.2. The van der Waals surface area contributed by atoms with E-state index < -0.39 is 0 Å². The van der Waals surface area contributed by atoms with Gasteiger partial charge < -0.3 is 20.7 Å². The van der Waals surface area contributed by atoms with E-state index in [2.05, 4.69) is 36.2 Å². The Morgan fingerprint density at radius 1 is 1.21 bits per heavy atom. The summed E-state index contributed by atoms with van der Waals surface area (Å²) in [6.07, 6.45) is 1.59. The molecular formula is C18H17N7O3. The van der Waals surface area contributed by atoms with Crippen LogP contribution in [0, 0.1) is 0 Å². The molecule has 3 heterocycles. The molecule has 1 aromatic carbocycles. The Morgan fingerprint density at radius 2 is 2.07 bits per heavy atom. The zero-order valence-electron chi connectivity index (χ0n) is 14.9. The van der Waals surface area contributed by atoms with Crippen LogP contribution < -0.4 is 26.0 Å². The number of nitrogens with one attached hydrogen (secondary N) is 4. The van der Waals surface area contributed by atoms with Crippen molar-refractivity contribution in [3.63, 3.8) is 0 Å². The fraction of sp³-hybridized carbons (Fsp3) is 0.167. The highest BCUT2D eigenvalue weighted by molar-refractivity contribution is 5.95. The van der Waals surface area contributed by atoms with E-state index in [0.29, 0.717) is 40.8 Å². The number of fused-ring (bicyclic) bond motifs is 2. The van der Waals surface area contributed by atoms with Crippen molar-refractivity contribution in [2.45, 2.75) is 6.92 Å². The van der Waals surface area contributed by atoms with E-state index in [1.165, 1.54) is 0 Å². The molecule has 2 aromatic heterocycles. The molecule has 10 heteroatoms. The molecule has 0 radical (unpaired) electrons. The number of nitrogens with zero attached hydrogens (tertiary/aromatic N) is 3. The molecule has 0 saturated heterocycles. The SMILES string of the molecule is CCNC(=O)Nc1ccc2ncc(Nc3ccc4c(c3)OCC(=O)N4)nc2n1. The molecule has 0 saturated carbocycles. The normalized spacial score (nSPS) is 12.5. The Kier molecular flexibility index (Phi) is 4.58. The number of ether oxygens (including phenoxy) is 1. The van der Waals surface area contributed by atoms with Crippen LogP contribution in [0.5, 0.6) is 5.75 Å². The van der Waals surface area contributed by atoms with Crippen molar-refractivity contribution < 1.29 is 14.3 Å². The summed E-state index contributed by atoms with van der Waals surface area (Å²) in [5.74, 6) is 1.25. The van der Waals surface area contributed by atoms with Gasteiger partial charge in [0, 0.05) is 18.3 Å². The summed E-state index contributed by atoms with van der Waals surface area (Å²) in [7, 11) is 0. The summed E-state index contributed by atoms with van der Waals surface area (Å²) in [5.41, 5.74) is 2.33. The monoisotopic (exact) mass is 379 g/mol. The minimum Gasteiger partial charge on any atom is -0.482 e. The highest BCUT2D eigenvalue weighted by Gasteiger charge is 2.16. The molecular weight excluding hydrogens is 362 g/mol. The minimum atomic E-state index is -0.335. The van der Waals surface area contributed by atoms with Gasteiger partial charge in [-0.1, -0.05) is 0 Å².